The van der Waals surface area contributed by atoms with Crippen LogP contribution < -0.4 is 15.1 Å². The van der Waals surface area contributed by atoms with E-state index in [1.54, 1.807) is 11.1 Å². The van der Waals surface area contributed by atoms with E-state index in [1.165, 1.54) is 23.0 Å². The highest BCUT2D eigenvalue weighted by atomic mass is 32.2. The Bertz CT molecular complexity index is 1150. The number of pyridine rings is 1. The molecule has 2 aromatic carbocycles. The van der Waals surface area contributed by atoms with Crippen molar-refractivity contribution in [2.45, 2.75) is 31.8 Å². The van der Waals surface area contributed by atoms with Crippen LogP contribution in [0.3, 0.4) is 0 Å². The standard InChI is InChI=1S/C27H30N4O2S/c1-3-30(23-8-4-7-20(2)17-23)16-6-15-28-26(33)22-12-10-21(11-13-22)18-31-24-9-5-14-29-27(24)34-19-25(31)32/h4-5,7-14,17H,3,6,15-16,18-19H2,1-2H3,(H,28,33). The number of carbonyl (C=O) groups is 2. The molecular formula is C27H30N4O2S. The van der Waals surface area contributed by atoms with Crippen LogP contribution in [0.5, 0.6) is 0 Å². The summed E-state index contributed by atoms with van der Waals surface area (Å²) in [5, 5.41) is 3.90. The third kappa shape index (κ3) is 5.78. The maximum atomic E-state index is 12.6. The van der Waals surface area contributed by atoms with Gasteiger partial charge in [-0.25, -0.2) is 4.98 Å². The summed E-state index contributed by atoms with van der Waals surface area (Å²) in [6.45, 7) is 7.14. The van der Waals surface area contributed by atoms with Crippen molar-refractivity contribution < 1.29 is 9.59 Å². The molecule has 3 aromatic rings. The minimum absolute atomic E-state index is 0.0686. The summed E-state index contributed by atoms with van der Waals surface area (Å²) in [5.74, 6) is 0.383. The Kier molecular flexibility index (Phi) is 7.85. The van der Waals surface area contributed by atoms with Gasteiger partial charge < -0.3 is 15.1 Å². The molecule has 2 amide bonds. The van der Waals surface area contributed by atoms with E-state index in [0.717, 1.165) is 35.8 Å². The highest BCUT2D eigenvalue weighted by Crippen LogP contribution is 2.34. The molecule has 6 nitrogen and oxygen atoms in total. The van der Waals surface area contributed by atoms with Gasteiger partial charge in [0.25, 0.3) is 5.91 Å². The first-order valence-electron chi connectivity index (χ1n) is 11.6. The summed E-state index contributed by atoms with van der Waals surface area (Å²) < 4.78 is 0. The molecule has 4 rings (SSSR count). The number of nitrogens with one attached hydrogen (secondary N) is 1. The fourth-order valence-corrected chi connectivity index (χ4v) is 4.90. The molecule has 2 heterocycles. The number of carbonyl (C=O) groups excluding carboxylic acids is 2. The maximum absolute atomic E-state index is 12.6. The molecule has 0 spiro atoms. The fourth-order valence-electron chi connectivity index (χ4n) is 4.03. The van der Waals surface area contributed by atoms with Gasteiger partial charge in [-0.3, -0.25) is 9.59 Å². The first kappa shape index (κ1) is 23.8. The zero-order valence-corrected chi connectivity index (χ0v) is 20.5. The molecule has 1 aliphatic rings. The summed E-state index contributed by atoms with van der Waals surface area (Å²) in [5.41, 5.74) is 4.91. The number of thioether (sulfide) groups is 1. The van der Waals surface area contributed by atoms with Crippen molar-refractivity contribution in [3.8, 4) is 0 Å². The van der Waals surface area contributed by atoms with E-state index in [1.807, 2.05) is 36.4 Å². The minimum atomic E-state index is -0.0786. The Hall–Kier alpha value is -3.32. The van der Waals surface area contributed by atoms with E-state index in [2.05, 4.69) is 53.3 Å². The molecule has 0 bridgehead atoms. The Morgan fingerprint density at radius 2 is 1.97 bits per heavy atom. The smallest absolute Gasteiger partial charge is 0.251 e. The molecule has 0 saturated carbocycles. The summed E-state index contributed by atoms with van der Waals surface area (Å²) in [6.07, 6.45) is 2.61. The van der Waals surface area contributed by atoms with E-state index in [4.69, 9.17) is 0 Å². The molecule has 1 aromatic heterocycles. The van der Waals surface area contributed by atoms with Gasteiger partial charge in [0.1, 0.15) is 5.03 Å². The topological polar surface area (TPSA) is 65.5 Å². The average Bonchev–Trinajstić information content (AvgIpc) is 2.86. The van der Waals surface area contributed by atoms with Crippen molar-refractivity contribution >= 4 is 35.0 Å². The lowest BCUT2D eigenvalue weighted by atomic mass is 10.1. The van der Waals surface area contributed by atoms with Gasteiger partial charge in [-0.15, -0.1) is 0 Å². The van der Waals surface area contributed by atoms with Crippen molar-refractivity contribution in [1.82, 2.24) is 10.3 Å². The molecule has 176 valence electrons. The third-order valence-corrected chi connectivity index (χ3v) is 6.85. The van der Waals surface area contributed by atoms with Crippen molar-refractivity contribution in [3.63, 3.8) is 0 Å². The molecule has 0 radical (unpaired) electrons. The van der Waals surface area contributed by atoms with Gasteiger partial charge in [0.05, 0.1) is 18.0 Å². The first-order valence-corrected chi connectivity index (χ1v) is 12.6. The number of amides is 2. The van der Waals surface area contributed by atoms with Crippen molar-refractivity contribution in [2.24, 2.45) is 0 Å². The number of benzene rings is 2. The largest absolute Gasteiger partial charge is 0.372 e. The van der Waals surface area contributed by atoms with E-state index in [-0.39, 0.29) is 11.8 Å². The van der Waals surface area contributed by atoms with E-state index < -0.39 is 0 Å². The van der Waals surface area contributed by atoms with Crippen LogP contribution in [0.15, 0.2) is 71.9 Å². The van der Waals surface area contributed by atoms with Gasteiger partial charge >= 0.3 is 0 Å². The number of aryl methyl sites for hydroxylation is 1. The number of hydrogen-bond donors (Lipinski definition) is 1. The Morgan fingerprint density at radius 3 is 2.74 bits per heavy atom. The normalized spacial score (nSPS) is 12.9. The van der Waals surface area contributed by atoms with E-state index >= 15 is 0 Å². The summed E-state index contributed by atoms with van der Waals surface area (Å²) in [4.78, 5) is 33.5. The van der Waals surface area contributed by atoms with Crippen molar-refractivity contribution in [1.29, 1.82) is 0 Å². The highest BCUT2D eigenvalue weighted by Gasteiger charge is 2.25. The molecule has 1 N–H and O–H groups in total. The molecule has 0 aliphatic carbocycles. The van der Waals surface area contributed by atoms with Crippen molar-refractivity contribution in [3.05, 3.63) is 83.6 Å². The second kappa shape index (κ2) is 11.2. The lowest BCUT2D eigenvalue weighted by Gasteiger charge is -2.28. The lowest BCUT2D eigenvalue weighted by Crippen LogP contribution is -2.35. The third-order valence-electron chi connectivity index (χ3n) is 5.87. The van der Waals surface area contributed by atoms with Gasteiger partial charge in [-0.05, 0) is 67.8 Å². The van der Waals surface area contributed by atoms with Gasteiger partial charge in [0.15, 0.2) is 0 Å². The first-order chi connectivity index (χ1) is 16.5. The number of rotatable bonds is 9. The second-order valence-electron chi connectivity index (χ2n) is 8.32. The monoisotopic (exact) mass is 474 g/mol. The molecule has 34 heavy (non-hydrogen) atoms. The summed E-state index contributed by atoms with van der Waals surface area (Å²) in [7, 11) is 0. The van der Waals surface area contributed by atoms with Gasteiger partial charge in [-0.2, -0.15) is 0 Å². The molecule has 0 fully saturated rings. The maximum Gasteiger partial charge on any atom is 0.251 e. The Labute approximate surface area is 205 Å². The fraction of sp³-hybridized carbons (Fsp3) is 0.296. The second-order valence-corrected chi connectivity index (χ2v) is 9.29. The predicted octanol–water partition coefficient (Wildman–Crippen LogP) is 4.68. The van der Waals surface area contributed by atoms with Crippen LogP contribution in [0.25, 0.3) is 0 Å². The lowest BCUT2D eigenvalue weighted by molar-refractivity contribution is -0.116. The van der Waals surface area contributed by atoms with Gasteiger partial charge in [-0.1, -0.05) is 36.0 Å². The number of fused-ring (bicyclic) bond motifs is 1. The molecular weight excluding hydrogens is 444 g/mol. The summed E-state index contributed by atoms with van der Waals surface area (Å²) in [6, 6.07) is 19.7. The highest BCUT2D eigenvalue weighted by molar-refractivity contribution is 8.00. The SMILES string of the molecule is CCN(CCCNC(=O)c1ccc(CN2C(=O)CSc3ncccc32)cc1)c1cccc(C)c1. The van der Waals surface area contributed by atoms with Crippen LogP contribution in [-0.2, 0) is 11.3 Å². The van der Waals surface area contributed by atoms with Crippen LogP contribution in [0.1, 0.15) is 34.8 Å². The molecule has 0 unspecified atom stereocenters. The van der Waals surface area contributed by atoms with Gasteiger partial charge in [0.2, 0.25) is 5.91 Å². The van der Waals surface area contributed by atoms with Crippen LogP contribution in [0.2, 0.25) is 0 Å². The summed E-state index contributed by atoms with van der Waals surface area (Å²) >= 11 is 1.47. The predicted molar refractivity (Wildman–Crippen MR) is 139 cm³/mol. The van der Waals surface area contributed by atoms with Crippen LogP contribution in [0, 0.1) is 6.92 Å². The Balaban J connectivity index is 1.28. The van der Waals surface area contributed by atoms with E-state index in [0.29, 0.717) is 24.4 Å². The molecule has 7 heteroatoms. The average molecular weight is 475 g/mol. The number of anilines is 2. The molecule has 0 saturated heterocycles. The quantitative estimate of drug-likeness (QED) is 0.457. The molecule has 0 atom stereocenters. The van der Waals surface area contributed by atoms with Crippen LogP contribution >= 0.6 is 11.8 Å². The van der Waals surface area contributed by atoms with Gasteiger partial charge in [0, 0.05) is 37.1 Å². The zero-order chi connectivity index (χ0) is 23.9. The number of nitrogens with zero attached hydrogens (tertiary/aromatic N) is 3. The van der Waals surface area contributed by atoms with Crippen LogP contribution in [-0.4, -0.2) is 42.2 Å². The van der Waals surface area contributed by atoms with Crippen LogP contribution in [0.4, 0.5) is 11.4 Å². The molecule has 1 aliphatic heterocycles. The Morgan fingerprint density at radius 1 is 1.15 bits per heavy atom. The number of hydrogen-bond acceptors (Lipinski definition) is 5. The zero-order valence-electron chi connectivity index (χ0n) is 19.7. The van der Waals surface area contributed by atoms with E-state index in [9.17, 15) is 9.59 Å². The minimum Gasteiger partial charge on any atom is -0.372 e. The number of aromatic nitrogens is 1. The van der Waals surface area contributed by atoms with Crippen molar-refractivity contribution in [2.75, 3.05) is 35.2 Å².